The van der Waals surface area contributed by atoms with Crippen molar-refractivity contribution in [2.45, 2.75) is 39.8 Å². The highest BCUT2D eigenvalue weighted by atomic mass is 16.2. The number of aromatic nitrogens is 2. The van der Waals surface area contributed by atoms with Crippen LogP contribution in [0.1, 0.15) is 37.9 Å². The third-order valence-electron chi connectivity index (χ3n) is 4.56. The van der Waals surface area contributed by atoms with Gasteiger partial charge in [-0.05, 0) is 36.5 Å². The second kappa shape index (κ2) is 8.16. The first-order valence-corrected chi connectivity index (χ1v) is 9.27. The number of benzene rings is 2. The molecule has 1 aromatic heterocycles. The summed E-state index contributed by atoms with van der Waals surface area (Å²) in [5.74, 6) is 0.374. The maximum absolute atomic E-state index is 12.5. The van der Waals surface area contributed by atoms with E-state index in [4.69, 9.17) is 0 Å². The number of hydrogen-bond donors (Lipinski definition) is 1. The summed E-state index contributed by atoms with van der Waals surface area (Å²) in [4.78, 5) is 24.9. The van der Waals surface area contributed by atoms with Crippen LogP contribution in [0.25, 0.3) is 10.8 Å². The molecule has 27 heavy (non-hydrogen) atoms. The Hall–Kier alpha value is -2.95. The molecular formula is C22H25N3O2. The van der Waals surface area contributed by atoms with E-state index in [2.05, 4.69) is 36.4 Å². The molecule has 1 atom stereocenters. The Labute approximate surface area is 159 Å². The minimum atomic E-state index is -0.256. The zero-order valence-electron chi connectivity index (χ0n) is 16.0. The smallest absolute Gasteiger partial charge is 0.275 e. The van der Waals surface area contributed by atoms with Crippen LogP contribution in [0.3, 0.4) is 0 Å². The van der Waals surface area contributed by atoms with Gasteiger partial charge in [-0.25, -0.2) is 4.68 Å². The molecule has 3 aromatic rings. The lowest BCUT2D eigenvalue weighted by Crippen LogP contribution is -2.34. The zero-order chi connectivity index (χ0) is 19.4. The van der Waals surface area contributed by atoms with Crippen LogP contribution in [0.4, 0.5) is 0 Å². The highest BCUT2D eigenvalue weighted by molar-refractivity contribution is 5.81. The Morgan fingerprint density at radius 2 is 1.78 bits per heavy atom. The van der Waals surface area contributed by atoms with Crippen molar-refractivity contribution >= 4 is 16.7 Å². The minimum Gasteiger partial charge on any atom is -0.348 e. The van der Waals surface area contributed by atoms with Gasteiger partial charge in [-0.15, -0.1) is 0 Å². The quantitative estimate of drug-likeness (QED) is 0.729. The molecule has 1 N–H and O–H groups in total. The van der Waals surface area contributed by atoms with E-state index in [9.17, 15) is 9.59 Å². The first-order valence-electron chi connectivity index (χ1n) is 9.27. The second-order valence-electron chi connectivity index (χ2n) is 7.32. The van der Waals surface area contributed by atoms with Crippen molar-refractivity contribution in [1.82, 2.24) is 15.1 Å². The molecule has 0 saturated heterocycles. The van der Waals surface area contributed by atoms with Crippen LogP contribution in [-0.2, 0) is 17.8 Å². The lowest BCUT2D eigenvalue weighted by atomic mass is 10.00. The van der Waals surface area contributed by atoms with Crippen LogP contribution in [0.2, 0.25) is 0 Å². The lowest BCUT2D eigenvalue weighted by molar-refractivity contribution is -0.122. The van der Waals surface area contributed by atoms with Crippen molar-refractivity contribution in [3.05, 3.63) is 76.2 Å². The molecule has 0 aliphatic rings. The first kappa shape index (κ1) is 18.8. The van der Waals surface area contributed by atoms with Gasteiger partial charge in [0.2, 0.25) is 5.91 Å². The molecule has 0 fully saturated rings. The standard InChI is InChI=1S/C22H25N3O2/c1-15(2)12-17-8-10-18(11-9-17)16(3)24-21(26)14-25-22(27)20-7-5-4-6-19(20)13-23-25/h4-11,13,15-16H,12,14H2,1-3H3,(H,24,26). The van der Waals surface area contributed by atoms with E-state index in [1.807, 2.05) is 31.2 Å². The van der Waals surface area contributed by atoms with Crippen LogP contribution in [0, 0.1) is 5.92 Å². The van der Waals surface area contributed by atoms with Gasteiger partial charge in [0.05, 0.1) is 17.6 Å². The summed E-state index contributed by atoms with van der Waals surface area (Å²) in [7, 11) is 0. The number of fused-ring (bicyclic) bond motifs is 1. The fourth-order valence-corrected chi connectivity index (χ4v) is 3.16. The summed E-state index contributed by atoms with van der Waals surface area (Å²) < 4.78 is 1.20. The summed E-state index contributed by atoms with van der Waals surface area (Å²) in [5.41, 5.74) is 2.07. The molecular weight excluding hydrogens is 338 g/mol. The van der Waals surface area contributed by atoms with Crippen molar-refractivity contribution < 1.29 is 4.79 Å². The van der Waals surface area contributed by atoms with E-state index < -0.39 is 0 Å². The Kier molecular flexibility index (Phi) is 5.69. The van der Waals surface area contributed by atoms with E-state index in [1.165, 1.54) is 10.2 Å². The van der Waals surface area contributed by atoms with E-state index in [-0.39, 0.29) is 24.1 Å². The number of carbonyl (C=O) groups is 1. The van der Waals surface area contributed by atoms with Crippen molar-refractivity contribution in [3.8, 4) is 0 Å². The number of hydrogen-bond acceptors (Lipinski definition) is 3. The SMILES string of the molecule is CC(C)Cc1ccc(C(C)NC(=O)Cn2ncc3ccccc3c2=O)cc1. The third kappa shape index (κ3) is 4.61. The van der Waals surface area contributed by atoms with Gasteiger partial charge in [0.15, 0.2) is 0 Å². The predicted molar refractivity (Wildman–Crippen MR) is 108 cm³/mol. The second-order valence-corrected chi connectivity index (χ2v) is 7.32. The van der Waals surface area contributed by atoms with Crippen molar-refractivity contribution in [2.24, 2.45) is 5.92 Å². The predicted octanol–water partition coefficient (Wildman–Crippen LogP) is 3.47. The average Bonchev–Trinajstić information content (AvgIpc) is 2.64. The monoisotopic (exact) mass is 363 g/mol. The Bertz CT molecular complexity index is 990. The summed E-state index contributed by atoms with van der Waals surface area (Å²) in [6.45, 7) is 6.23. The molecule has 2 aromatic carbocycles. The number of carbonyl (C=O) groups excluding carboxylic acids is 1. The number of rotatable bonds is 6. The summed E-state index contributed by atoms with van der Waals surface area (Å²) in [6, 6.07) is 15.4. The van der Waals surface area contributed by atoms with Gasteiger partial charge in [0, 0.05) is 5.39 Å². The van der Waals surface area contributed by atoms with Gasteiger partial charge in [0.1, 0.15) is 6.54 Å². The molecule has 0 bridgehead atoms. The summed E-state index contributed by atoms with van der Waals surface area (Å²) in [6.07, 6.45) is 2.65. The van der Waals surface area contributed by atoms with Gasteiger partial charge in [0.25, 0.3) is 5.56 Å². The molecule has 0 spiro atoms. The summed E-state index contributed by atoms with van der Waals surface area (Å²) >= 11 is 0. The maximum atomic E-state index is 12.5. The van der Waals surface area contributed by atoms with Crippen molar-refractivity contribution in [1.29, 1.82) is 0 Å². The molecule has 1 amide bonds. The minimum absolute atomic E-state index is 0.0978. The number of nitrogens with zero attached hydrogens (tertiary/aromatic N) is 2. The molecule has 1 unspecified atom stereocenters. The topological polar surface area (TPSA) is 64.0 Å². The summed E-state index contributed by atoms with van der Waals surface area (Å²) in [5, 5.41) is 8.39. The maximum Gasteiger partial charge on any atom is 0.275 e. The largest absolute Gasteiger partial charge is 0.348 e. The molecule has 3 rings (SSSR count). The Morgan fingerprint density at radius 1 is 1.07 bits per heavy atom. The van der Waals surface area contributed by atoms with Crippen molar-refractivity contribution in [2.75, 3.05) is 0 Å². The van der Waals surface area contributed by atoms with Crippen LogP contribution >= 0.6 is 0 Å². The van der Waals surface area contributed by atoms with E-state index >= 15 is 0 Å². The van der Waals surface area contributed by atoms with E-state index in [1.54, 1.807) is 18.3 Å². The zero-order valence-corrected chi connectivity index (χ0v) is 16.0. The molecule has 0 radical (unpaired) electrons. The molecule has 0 aliphatic heterocycles. The fraction of sp³-hybridized carbons (Fsp3) is 0.318. The average molecular weight is 363 g/mol. The van der Waals surface area contributed by atoms with Gasteiger partial charge < -0.3 is 5.32 Å². The number of nitrogens with one attached hydrogen (secondary N) is 1. The van der Waals surface area contributed by atoms with Crippen LogP contribution in [-0.4, -0.2) is 15.7 Å². The van der Waals surface area contributed by atoms with Gasteiger partial charge in [-0.1, -0.05) is 56.3 Å². The van der Waals surface area contributed by atoms with Gasteiger partial charge >= 0.3 is 0 Å². The van der Waals surface area contributed by atoms with Crippen LogP contribution in [0.5, 0.6) is 0 Å². The molecule has 0 aliphatic carbocycles. The highest BCUT2D eigenvalue weighted by Gasteiger charge is 2.12. The van der Waals surface area contributed by atoms with Crippen LogP contribution < -0.4 is 10.9 Å². The third-order valence-corrected chi connectivity index (χ3v) is 4.56. The number of amides is 1. The Balaban J connectivity index is 1.67. The highest BCUT2D eigenvalue weighted by Crippen LogP contribution is 2.15. The van der Waals surface area contributed by atoms with E-state index in [0.29, 0.717) is 11.3 Å². The first-order chi connectivity index (χ1) is 12.9. The van der Waals surface area contributed by atoms with Crippen molar-refractivity contribution in [3.63, 3.8) is 0 Å². The molecule has 5 heteroatoms. The molecule has 140 valence electrons. The molecule has 5 nitrogen and oxygen atoms in total. The van der Waals surface area contributed by atoms with Gasteiger partial charge in [-0.3, -0.25) is 9.59 Å². The normalized spacial score (nSPS) is 12.3. The molecule has 0 saturated carbocycles. The molecule has 1 heterocycles. The fourth-order valence-electron chi connectivity index (χ4n) is 3.16. The Morgan fingerprint density at radius 3 is 2.48 bits per heavy atom. The lowest BCUT2D eigenvalue weighted by Gasteiger charge is -2.15. The van der Waals surface area contributed by atoms with Gasteiger partial charge in [-0.2, -0.15) is 5.10 Å². The van der Waals surface area contributed by atoms with Crippen LogP contribution in [0.15, 0.2) is 59.5 Å². The van der Waals surface area contributed by atoms with E-state index in [0.717, 1.165) is 17.4 Å².